The minimum Gasteiger partial charge on any atom is -0.466 e. The average Bonchev–Trinajstić information content (AvgIpc) is 3.91. The van der Waals surface area contributed by atoms with Crippen LogP contribution in [0.1, 0.15) is 324 Å². The van der Waals surface area contributed by atoms with Gasteiger partial charge in [-0.2, -0.15) is 0 Å². The average molecular weight is 915 g/mol. The van der Waals surface area contributed by atoms with Gasteiger partial charge in [0.2, 0.25) is 5.91 Å². The van der Waals surface area contributed by atoms with Crippen LogP contribution >= 0.6 is 0 Å². The zero-order valence-electron chi connectivity index (χ0n) is 44.8. The minimum atomic E-state index is -0.0291. The molecule has 1 rings (SSSR count). The summed E-state index contributed by atoms with van der Waals surface area (Å²) in [5.74, 6) is 1.93. The molecule has 0 bridgehead atoms. The molecule has 0 aliphatic heterocycles. The molecular formula is C60H115NO4. The highest BCUT2D eigenvalue weighted by Gasteiger charge is 2.13. The van der Waals surface area contributed by atoms with Crippen LogP contribution in [-0.4, -0.2) is 42.3 Å². The second-order valence-corrected chi connectivity index (χ2v) is 20.6. The van der Waals surface area contributed by atoms with E-state index in [1.54, 1.807) is 0 Å². The van der Waals surface area contributed by atoms with Crippen LogP contribution in [0.2, 0.25) is 0 Å². The largest absolute Gasteiger partial charge is 0.466 e. The van der Waals surface area contributed by atoms with Gasteiger partial charge in [-0.15, -0.1) is 0 Å². The number of esters is 1. The lowest BCUT2D eigenvalue weighted by Gasteiger charge is -2.22. The maximum Gasteiger partial charge on any atom is 0.305 e. The van der Waals surface area contributed by atoms with Crippen molar-refractivity contribution < 1.29 is 19.1 Å². The fourth-order valence-corrected chi connectivity index (χ4v) is 9.67. The zero-order valence-corrected chi connectivity index (χ0v) is 44.8. The van der Waals surface area contributed by atoms with Crippen molar-refractivity contribution in [2.75, 3.05) is 19.7 Å². The smallest absolute Gasteiger partial charge is 0.305 e. The lowest BCUT2D eigenvalue weighted by Crippen LogP contribution is -2.32. The van der Waals surface area contributed by atoms with Gasteiger partial charge in [-0.3, -0.25) is 14.4 Å². The predicted molar refractivity (Wildman–Crippen MR) is 285 cm³/mol. The number of ether oxygens (including phenoxy) is 1. The van der Waals surface area contributed by atoms with E-state index in [0.717, 1.165) is 96.1 Å². The van der Waals surface area contributed by atoms with Crippen molar-refractivity contribution in [1.82, 2.24) is 4.90 Å². The van der Waals surface area contributed by atoms with Crippen LogP contribution in [0.4, 0.5) is 0 Å². The fourth-order valence-electron chi connectivity index (χ4n) is 9.67. The first kappa shape index (κ1) is 63.4. The van der Waals surface area contributed by atoms with E-state index in [2.05, 4.69) is 45.6 Å². The molecule has 5 heteroatoms. The van der Waals surface area contributed by atoms with Gasteiger partial charge in [0.05, 0.1) is 6.61 Å². The van der Waals surface area contributed by atoms with Crippen LogP contribution in [0.15, 0.2) is 12.2 Å². The summed E-state index contributed by atoms with van der Waals surface area (Å²) in [5.41, 5.74) is 0. The topological polar surface area (TPSA) is 63.7 Å². The summed E-state index contributed by atoms with van der Waals surface area (Å²) in [6, 6.07) is 0. The lowest BCUT2D eigenvalue weighted by atomic mass is 9.91. The highest BCUT2D eigenvalue weighted by molar-refractivity contribution is 5.89. The molecule has 1 aliphatic carbocycles. The van der Waals surface area contributed by atoms with Gasteiger partial charge in [0, 0.05) is 32.4 Å². The van der Waals surface area contributed by atoms with Crippen LogP contribution in [0, 0.1) is 11.8 Å². The van der Waals surface area contributed by atoms with Crippen molar-refractivity contribution in [1.29, 1.82) is 0 Å². The van der Waals surface area contributed by atoms with Gasteiger partial charge in [0.25, 0.3) is 0 Å². The lowest BCUT2D eigenvalue weighted by molar-refractivity contribution is -0.144. The highest BCUT2D eigenvalue weighted by Crippen LogP contribution is 2.24. The number of ketones is 1. The van der Waals surface area contributed by atoms with E-state index in [1.807, 2.05) is 6.08 Å². The van der Waals surface area contributed by atoms with Crippen molar-refractivity contribution in [2.45, 2.75) is 324 Å². The number of carbonyl (C=O) groups is 3. The molecule has 5 nitrogen and oxygen atoms in total. The summed E-state index contributed by atoms with van der Waals surface area (Å²) >= 11 is 0. The van der Waals surface area contributed by atoms with Gasteiger partial charge in [-0.1, -0.05) is 253 Å². The van der Waals surface area contributed by atoms with Crippen molar-refractivity contribution in [3.05, 3.63) is 12.2 Å². The molecule has 0 unspecified atom stereocenters. The number of carbonyl (C=O) groups excluding carboxylic acids is 3. The third-order valence-electron chi connectivity index (χ3n) is 14.1. The number of unbranched alkanes of at least 4 members (excludes halogenated alkanes) is 24. The molecule has 0 N–H and O–H groups in total. The number of hydrogen-bond donors (Lipinski definition) is 0. The maximum atomic E-state index is 12.9. The summed E-state index contributed by atoms with van der Waals surface area (Å²) < 4.78 is 5.63. The molecule has 0 aromatic heterocycles. The third kappa shape index (κ3) is 45.9. The second-order valence-electron chi connectivity index (χ2n) is 20.6. The summed E-state index contributed by atoms with van der Waals surface area (Å²) in [6.45, 7) is 13.5. The van der Waals surface area contributed by atoms with E-state index in [1.165, 1.54) is 193 Å². The first-order valence-corrected chi connectivity index (χ1v) is 29.6. The number of amides is 1. The Morgan fingerprint density at radius 2 is 0.800 bits per heavy atom. The second kappa shape index (κ2) is 51.7. The van der Waals surface area contributed by atoms with Gasteiger partial charge in [0.15, 0.2) is 5.78 Å². The Labute approximate surface area is 407 Å². The Balaban J connectivity index is 0.00000761. The standard InChI is InChI=1S/C55H105NO4.C5H10/c1-6-11-15-19-23-31-41-52(42-32-24-20-16-12-7-2)46-47-53(57)44-33-25-21-27-35-48-56(54(58)38-10-5)49-36-28-22-26-34-45-55(59)60-50-37-43-51(39-29-17-13-8-3)40-30-18-14-9-4;1-2-4-5-3-1/h46-47,51-52H,6-45,48-50H2,1-5H3;1-5H2/b47-46-;. The maximum absolute atomic E-state index is 12.9. The summed E-state index contributed by atoms with van der Waals surface area (Å²) in [4.78, 5) is 40.1. The van der Waals surface area contributed by atoms with E-state index >= 15 is 0 Å². The zero-order chi connectivity index (χ0) is 47.5. The van der Waals surface area contributed by atoms with Crippen LogP contribution in [-0.2, 0) is 19.1 Å². The van der Waals surface area contributed by atoms with E-state index in [9.17, 15) is 14.4 Å². The van der Waals surface area contributed by atoms with Gasteiger partial charge in [-0.05, 0) is 75.7 Å². The molecule has 0 saturated heterocycles. The van der Waals surface area contributed by atoms with E-state index < -0.39 is 0 Å². The SMILES string of the molecule is C1CCCC1.CCCCCCCCC(/C=C\C(=O)CCCCCCCN(CCCCCCCC(=O)OCCCC(CCCCCC)CCCCCC)C(=O)CCC)CCCCCCCC. The molecular weight excluding hydrogens is 799 g/mol. The highest BCUT2D eigenvalue weighted by atomic mass is 16.5. The molecule has 65 heavy (non-hydrogen) atoms. The van der Waals surface area contributed by atoms with E-state index in [4.69, 9.17) is 4.74 Å². The predicted octanol–water partition coefficient (Wildman–Crippen LogP) is 19.4. The molecule has 0 aromatic carbocycles. The summed E-state index contributed by atoms with van der Waals surface area (Å²) in [5, 5.41) is 0. The van der Waals surface area contributed by atoms with E-state index in [0.29, 0.717) is 43.5 Å². The summed E-state index contributed by atoms with van der Waals surface area (Å²) in [6.07, 6.45) is 59.0. The quantitative estimate of drug-likeness (QED) is 0.0347. The summed E-state index contributed by atoms with van der Waals surface area (Å²) in [7, 11) is 0. The van der Waals surface area contributed by atoms with E-state index in [-0.39, 0.29) is 5.97 Å². The van der Waals surface area contributed by atoms with Crippen LogP contribution in [0.25, 0.3) is 0 Å². The third-order valence-corrected chi connectivity index (χ3v) is 14.1. The Hall–Kier alpha value is -1.65. The van der Waals surface area contributed by atoms with Crippen molar-refractivity contribution in [3.8, 4) is 0 Å². The Morgan fingerprint density at radius 1 is 0.415 bits per heavy atom. The fraction of sp³-hybridized carbons (Fsp3) is 0.917. The molecule has 1 saturated carbocycles. The van der Waals surface area contributed by atoms with Crippen LogP contribution in [0.3, 0.4) is 0 Å². The molecule has 0 atom stereocenters. The molecule has 1 fully saturated rings. The first-order chi connectivity index (χ1) is 31.9. The molecule has 0 spiro atoms. The number of rotatable bonds is 48. The number of hydrogen-bond acceptors (Lipinski definition) is 4. The normalized spacial score (nSPS) is 12.7. The van der Waals surface area contributed by atoms with Gasteiger partial charge in [-0.25, -0.2) is 0 Å². The molecule has 0 aromatic rings. The Bertz CT molecular complexity index is 1000. The van der Waals surface area contributed by atoms with Crippen molar-refractivity contribution in [3.63, 3.8) is 0 Å². The van der Waals surface area contributed by atoms with Crippen LogP contribution in [0.5, 0.6) is 0 Å². The Morgan fingerprint density at radius 3 is 1.28 bits per heavy atom. The molecule has 1 amide bonds. The first-order valence-electron chi connectivity index (χ1n) is 29.6. The molecule has 384 valence electrons. The number of nitrogens with zero attached hydrogens (tertiary/aromatic N) is 1. The monoisotopic (exact) mass is 914 g/mol. The van der Waals surface area contributed by atoms with Crippen LogP contribution < -0.4 is 0 Å². The van der Waals surface area contributed by atoms with Crippen molar-refractivity contribution in [2.24, 2.45) is 11.8 Å². The molecule has 0 radical (unpaired) electrons. The van der Waals surface area contributed by atoms with Gasteiger partial charge in [0.1, 0.15) is 0 Å². The van der Waals surface area contributed by atoms with Crippen molar-refractivity contribution >= 4 is 17.7 Å². The number of allylic oxidation sites excluding steroid dienone is 2. The van der Waals surface area contributed by atoms with Gasteiger partial charge >= 0.3 is 5.97 Å². The minimum absolute atomic E-state index is 0.0291. The Kier molecular flexibility index (Phi) is 50.4. The van der Waals surface area contributed by atoms with Gasteiger partial charge < -0.3 is 9.64 Å². The molecule has 1 aliphatic rings. The molecule has 0 heterocycles.